The molecule has 2 heterocycles. The first-order valence-electron chi connectivity index (χ1n) is 8.95. The highest BCUT2D eigenvalue weighted by Crippen LogP contribution is 2.37. The summed E-state index contributed by atoms with van der Waals surface area (Å²) in [5, 5.41) is 12.4. The molecule has 0 bridgehead atoms. The van der Waals surface area contributed by atoms with Gasteiger partial charge in [-0.1, -0.05) is 24.3 Å². The van der Waals surface area contributed by atoms with Crippen molar-refractivity contribution >= 4 is 5.91 Å². The van der Waals surface area contributed by atoms with Crippen molar-refractivity contribution in [1.29, 1.82) is 0 Å². The number of carbonyl (C=O) groups is 1. The minimum absolute atomic E-state index is 0.0984. The quantitative estimate of drug-likeness (QED) is 0.693. The summed E-state index contributed by atoms with van der Waals surface area (Å²) in [6, 6.07) is 11.1. The Hall–Kier alpha value is -3.42. The molecular weight excluding hydrogens is 358 g/mol. The zero-order valence-corrected chi connectivity index (χ0v) is 16.2. The molecule has 0 fully saturated rings. The Morgan fingerprint density at radius 2 is 1.86 bits per heavy atom. The zero-order chi connectivity index (χ0) is 19.8. The van der Waals surface area contributed by atoms with E-state index in [9.17, 15) is 4.79 Å². The second-order valence-corrected chi connectivity index (χ2v) is 6.83. The first kappa shape index (κ1) is 18.0. The van der Waals surface area contributed by atoms with Crippen LogP contribution in [0.5, 0.6) is 11.5 Å². The van der Waals surface area contributed by atoms with Gasteiger partial charge >= 0.3 is 0 Å². The molecule has 8 nitrogen and oxygen atoms in total. The third-order valence-electron chi connectivity index (χ3n) is 4.99. The molecule has 1 aliphatic rings. The zero-order valence-electron chi connectivity index (χ0n) is 16.2. The van der Waals surface area contributed by atoms with Gasteiger partial charge in [-0.3, -0.25) is 4.79 Å². The van der Waals surface area contributed by atoms with Crippen LogP contribution >= 0.6 is 0 Å². The molecule has 1 aromatic heterocycles. The van der Waals surface area contributed by atoms with Gasteiger partial charge in [-0.25, -0.2) is 0 Å². The summed E-state index contributed by atoms with van der Waals surface area (Å²) in [5.41, 5.74) is 3.83. The number of benzene rings is 2. The molecular formula is C20H21N5O3. The number of aromatic nitrogens is 4. The van der Waals surface area contributed by atoms with Crippen LogP contribution in [0, 0.1) is 13.8 Å². The monoisotopic (exact) mass is 379 g/mol. The summed E-state index contributed by atoms with van der Waals surface area (Å²) >= 11 is 0. The van der Waals surface area contributed by atoms with Gasteiger partial charge in [-0.2, -0.15) is 4.68 Å². The number of nitrogens with zero attached hydrogens (tertiary/aromatic N) is 5. The maximum atomic E-state index is 12.3. The molecule has 8 heteroatoms. The molecule has 144 valence electrons. The number of rotatable bonds is 4. The summed E-state index contributed by atoms with van der Waals surface area (Å²) < 4.78 is 12.6. The van der Waals surface area contributed by atoms with Crippen LogP contribution in [-0.2, 0) is 4.79 Å². The number of aryl methyl sites for hydroxylation is 2. The maximum Gasteiger partial charge on any atom is 0.231 e. The van der Waals surface area contributed by atoms with E-state index >= 15 is 0 Å². The van der Waals surface area contributed by atoms with E-state index in [0.29, 0.717) is 17.3 Å². The van der Waals surface area contributed by atoms with Gasteiger partial charge in [-0.15, -0.1) is 5.10 Å². The minimum Gasteiger partial charge on any atom is -0.454 e. The summed E-state index contributed by atoms with van der Waals surface area (Å²) in [6.07, 6.45) is 0. The lowest BCUT2D eigenvalue weighted by Crippen LogP contribution is -2.32. The second-order valence-electron chi connectivity index (χ2n) is 6.83. The largest absolute Gasteiger partial charge is 0.454 e. The number of para-hydroxylation sites is 1. The van der Waals surface area contributed by atoms with Crippen LogP contribution in [0.4, 0.5) is 0 Å². The molecule has 1 aliphatic heterocycles. The second kappa shape index (κ2) is 6.95. The Balaban J connectivity index is 1.88. The van der Waals surface area contributed by atoms with Crippen LogP contribution in [0.3, 0.4) is 0 Å². The predicted octanol–water partition coefficient (Wildman–Crippen LogP) is 2.58. The number of fused-ring (bicyclic) bond motifs is 1. The average Bonchev–Trinajstić information content (AvgIpc) is 3.31. The van der Waals surface area contributed by atoms with E-state index in [0.717, 1.165) is 22.4 Å². The van der Waals surface area contributed by atoms with Gasteiger partial charge in [0.2, 0.25) is 12.7 Å². The molecule has 0 saturated carbocycles. The molecule has 0 N–H and O–H groups in total. The van der Waals surface area contributed by atoms with Gasteiger partial charge < -0.3 is 14.4 Å². The Morgan fingerprint density at radius 1 is 1.14 bits per heavy atom. The smallest absolute Gasteiger partial charge is 0.231 e. The Labute approximate surface area is 162 Å². The lowest BCUT2D eigenvalue weighted by Gasteiger charge is -2.27. The summed E-state index contributed by atoms with van der Waals surface area (Å²) in [7, 11) is 1.74. The normalized spacial score (nSPS) is 13.4. The number of hydrogen-bond donors (Lipinski definition) is 0. The maximum absolute atomic E-state index is 12.3. The highest BCUT2D eigenvalue weighted by atomic mass is 16.7. The average molecular weight is 379 g/mol. The fraction of sp³-hybridized carbons (Fsp3) is 0.300. The Kier molecular flexibility index (Phi) is 4.46. The third-order valence-corrected chi connectivity index (χ3v) is 4.99. The van der Waals surface area contributed by atoms with Crippen molar-refractivity contribution < 1.29 is 14.3 Å². The lowest BCUT2D eigenvalue weighted by molar-refractivity contribution is -0.129. The van der Waals surface area contributed by atoms with Crippen molar-refractivity contribution in [2.45, 2.75) is 26.8 Å². The fourth-order valence-corrected chi connectivity index (χ4v) is 3.47. The topological polar surface area (TPSA) is 82.4 Å². The Bertz CT molecular complexity index is 1030. The molecule has 1 atom stereocenters. The van der Waals surface area contributed by atoms with Crippen molar-refractivity contribution in [1.82, 2.24) is 25.1 Å². The van der Waals surface area contributed by atoms with E-state index in [1.54, 1.807) is 16.6 Å². The first-order chi connectivity index (χ1) is 13.5. The number of ether oxygens (including phenoxy) is 2. The summed E-state index contributed by atoms with van der Waals surface area (Å²) in [6.45, 7) is 5.73. The van der Waals surface area contributed by atoms with Crippen LogP contribution in [0.1, 0.15) is 35.5 Å². The van der Waals surface area contributed by atoms with E-state index in [4.69, 9.17) is 9.47 Å². The van der Waals surface area contributed by atoms with Crippen LogP contribution in [0.15, 0.2) is 36.4 Å². The van der Waals surface area contributed by atoms with Crippen molar-refractivity contribution in [2.75, 3.05) is 13.8 Å². The van der Waals surface area contributed by atoms with Gasteiger partial charge in [0.15, 0.2) is 17.3 Å². The predicted molar refractivity (Wildman–Crippen MR) is 101 cm³/mol. The lowest BCUT2D eigenvalue weighted by atomic mass is 10.0. The molecule has 1 amide bonds. The molecule has 2 aromatic carbocycles. The van der Waals surface area contributed by atoms with Crippen LogP contribution in [-0.4, -0.2) is 44.9 Å². The van der Waals surface area contributed by atoms with E-state index in [2.05, 4.69) is 15.5 Å². The number of carbonyl (C=O) groups excluding carboxylic acids is 1. The van der Waals surface area contributed by atoms with Crippen molar-refractivity contribution in [3.63, 3.8) is 0 Å². The van der Waals surface area contributed by atoms with Crippen molar-refractivity contribution in [3.05, 3.63) is 58.9 Å². The van der Waals surface area contributed by atoms with E-state index in [-0.39, 0.29) is 12.7 Å². The Morgan fingerprint density at radius 3 is 2.57 bits per heavy atom. The highest BCUT2D eigenvalue weighted by Gasteiger charge is 2.30. The molecule has 0 spiro atoms. The molecule has 0 saturated heterocycles. The van der Waals surface area contributed by atoms with E-state index in [1.165, 1.54) is 6.92 Å². The third kappa shape index (κ3) is 2.96. The number of amides is 1. The van der Waals surface area contributed by atoms with Crippen LogP contribution in [0.25, 0.3) is 5.69 Å². The molecule has 0 unspecified atom stereocenters. The summed E-state index contributed by atoms with van der Waals surface area (Å²) in [4.78, 5) is 13.9. The minimum atomic E-state index is -0.485. The van der Waals surface area contributed by atoms with E-state index < -0.39 is 6.04 Å². The molecule has 28 heavy (non-hydrogen) atoms. The molecule has 0 aliphatic carbocycles. The highest BCUT2D eigenvalue weighted by molar-refractivity contribution is 5.74. The number of hydrogen-bond acceptors (Lipinski definition) is 6. The molecule has 3 aromatic rings. The van der Waals surface area contributed by atoms with Gasteiger partial charge in [0.05, 0.1) is 5.69 Å². The van der Waals surface area contributed by atoms with Crippen molar-refractivity contribution in [2.24, 2.45) is 0 Å². The number of tetrazole rings is 1. The summed E-state index contributed by atoms with van der Waals surface area (Å²) in [5.74, 6) is 1.78. The van der Waals surface area contributed by atoms with E-state index in [1.807, 2.05) is 50.2 Å². The van der Waals surface area contributed by atoms with Gasteiger partial charge in [0, 0.05) is 14.0 Å². The SMILES string of the molecule is CC(=O)N(C)[C@H](c1ccc2c(c1)OCO2)c1nnnn1-c1c(C)cccc1C. The van der Waals surface area contributed by atoms with Gasteiger partial charge in [-0.05, 0) is 53.1 Å². The standard InChI is InChI=1S/C20H21N5O3/c1-12-6-5-7-13(2)18(12)25-20(21-22-23-25)19(24(4)14(3)26)15-8-9-16-17(10-15)28-11-27-16/h5-10,19H,11H2,1-4H3/t19-/m1/s1. The first-order valence-corrected chi connectivity index (χ1v) is 8.95. The molecule has 0 radical (unpaired) electrons. The van der Waals surface area contributed by atoms with Gasteiger partial charge in [0.1, 0.15) is 6.04 Å². The molecule has 4 rings (SSSR count). The van der Waals surface area contributed by atoms with Crippen molar-refractivity contribution in [3.8, 4) is 17.2 Å². The van der Waals surface area contributed by atoms with Gasteiger partial charge in [0.25, 0.3) is 0 Å². The fourth-order valence-electron chi connectivity index (χ4n) is 3.47. The van der Waals surface area contributed by atoms with Crippen LogP contribution in [0.2, 0.25) is 0 Å². The van der Waals surface area contributed by atoms with Crippen LogP contribution < -0.4 is 9.47 Å².